The topological polar surface area (TPSA) is 0 Å². The lowest BCUT2D eigenvalue weighted by molar-refractivity contribution is -0.919. The number of quaternary nitrogens is 1. The van der Waals surface area contributed by atoms with Gasteiger partial charge in [-0.15, -0.1) is 0 Å². The van der Waals surface area contributed by atoms with Crippen LogP contribution in [0.25, 0.3) is 0 Å². The van der Waals surface area contributed by atoms with Crippen LogP contribution < -0.4 is 0 Å². The highest BCUT2D eigenvalue weighted by Gasteiger charge is 2.26. The molecule has 0 aliphatic heterocycles. The molecule has 0 saturated heterocycles. The Hall–Kier alpha value is -2.64. The largest absolute Gasteiger partial charge is 0.286 e. The second kappa shape index (κ2) is 11.4. The molecule has 150 valence electrons. The van der Waals surface area contributed by atoms with Crippen molar-refractivity contribution in [3.63, 3.8) is 0 Å². The Morgan fingerprint density at radius 1 is 0.586 bits per heavy atom. The predicted octanol–water partition coefficient (Wildman–Crippen LogP) is 7.50. The van der Waals surface area contributed by atoms with E-state index in [1.165, 1.54) is 36.0 Å². The maximum atomic E-state index is 2.47. The molecule has 29 heavy (non-hydrogen) atoms. The third kappa shape index (κ3) is 7.03. The van der Waals surface area contributed by atoms with Crippen LogP contribution in [0.1, 0.15) is 49.3 Å². The zero-order valence-electron chi connectivity index (χ0n) is 17.7. The van der Waals surface area contributed by atoms with Crippen molar-refractivity contribution in [2.45, 2.75) is 52.2 Å². The Kier molecular flexibility index (Phi) is 8.27. The summed E-state index contributed by atoms with van der Waals surface area (Å²) in [5.41, 5.74) is 4.16. The van der Waals surface area contributed by atoms with Gasteiger partial charge in [-0.05, 0) is 18.9 Å². The first-order chi connectivity index (χ1) is 14.3. The molecule has 3 aromatic rings. The molecule has 3 rings (SSSR count). The van der Waals surface area contributed by atoms with E-state index in [2.05, 4.69) is 110 Å². The summed E-state index contributed by atoms with van der Waals surface area (Å²) in [5, 5.41) is 0. The van der Waals surface area contributed by atoms with Gasteiger partial charge in [-0.1, -0.05) is 111 Å². The highest BCUT2D eigenvalue weighted by molar-refractivity contribution is 5.17. The molecule has 0 aromatic heterocycles. The quantitative estimate of drug-likeness (QED) is 0.237. The standard InChI is InChI=1S/C28H34N/c1-2-3-4-5-15-22-29(23-26-16-9-6-10-17-26,24-27-18-11-7-12-19-27)25-28-20-13-8-14-21-28/h6-22H,2-5,23-25H2,1H3/q+1/b22-15+. The summed E-state index contributed by atoms with van der Waals surface area (Å²) in [6.45, 7) is 5.25. The lowest BCUT2D eigenvalue weighted by Gasteiger charge is -2.36. The zero-order valence-corrected chi connectivity index (χ0v) is 17.7. The third-order valence-electron chi connectivity index (χ3n) is 5.42. The highest BCUT2D eigenvalue weighted by Crippen LogP contribution is 2.25. The number of rotatable bonds is 11. The van der Waals surface area contributed by atoms with Crippen LogP contribution in [0.4, 0.5) is 0 Å². The van der Waals surface area contributed by atoms with Crippen LogP contribution in [-0.2, 0) is 19.6 Å². The molecule has 0 amide bonds. The summed E-state index contributed by atoms with van der Waals surface area (Å²) < 4.78 is 0.907. The molecule has 0 radical (unpaired) electrons. The molecule has 0 spiro atoms. The molecule has 0 N–H and O–H groups in total. The van der Waals surface area contributed by atoms with Crippen molar-refractivity contribution in [1.82, 2.24) is 0 Å². The minimum Gasteiger partial charge on any atom is -0.286 e. The minimum absolute atomic E-state index is 0.907. The Balaban J connectivity index is 1.93. The van der Waals surface area contributed by atoms with Crippen molar-refractivity contribution in [1.29, 1.82) is 0 Å². The minimum atomic E-state index is 0.907. The first-order valence-corrected chi connectivity index (χ1v) is 10.9. The van der Waals surface area contributed by atoms with E-state index in [1.807, 2.05) is 0 Å². The summed E-state index contributed by atoms with van der Waals surface area (Å²) in [7, 11) is 0. The van der Waals surface area contributed by atoms with Crippen LogP contribution in [0, 0.1) is 0 Å². The summed E-state index contributed by atoms with van der Waals surface area (Å²) in [6, 6.07) is 32.8. The smallest absolute Gasteiger partial charge is 0.109 e. The molecule has 0 atom stereocenters. The van der Waals surface area contributed by atoms with E-state index < -0.39 is 0 Å². The number of hydrogen-bond acceptors (Lipinski definition) is 0. The normalized spacial score (nSPS) is 11.8. The van der Waals surface area contributed by atoms with Crippen molar-refractivity contribution in [3.05, 3.63) is 120 Å². The summed E-state index contributed by atoms with van der Waals surface area (Å²) in [4.78, 5) is 0. The van der Waals surface area contributed by atoms with Crippen molar-refractivity contribution >= 4 is 0 Å². The molecular formula is C28H34N+. The van der Waals surface area contributed by atoms with Gasteiger partial charge in [0.05, 0.1) is 6.20 Å². The number of unbranched alkanes of at least 4 members (excludes halogenated alkanes) is 3. The fraction of sp³-hybridized carbons (Fsp3) is 0.286. The van der Waals surface area contributed by atoms with Gasteiger partial charge in [0.25, 0.3) is 0 Å². The van der Waals surface area contributed by atoms with Gasteiger partial charge in [0.2, 0.25) is 0 Å². The number of nitrogens with zero attached hydrogens (tertiary/aromatic N) is 1. The van der Waals surface area contributed by atoms with Gasteiger partial charge in [-0.2, -0.15) is 0 Å². The molecule has 3 aromatic carbocycles. The van der Waals surface area contributed by atoms with Crippen molar-refractivity contribution in [2.75, 3.05) is 0 Å². The first kappa shape index (κ1) is 21.1. The number of benzene rings is 3. The third-order valence-corrected chi connectivity index (χ3v) is 5.42. The van der Waals surface area contributed by atoms with Crippen LogP contribution in [0.2, 0.25) is 0 Å². The van der Waals surface area contributed by atoms with Gasteiger partial charge >= 0.3 is 0 Å². The van der Waals surface area contributed by atoms with Gasteiger partial charge in [-0.3, -0.25) is 4.48 Å². The van der Waals surface area contributed by atoms with Crippen molar-refractivity contribution in [3.8, 4) is 0 Å². The van der Waals surface area contributed by atoms with Crippen molar-refractivity contribution in [2.24, 2.45) is 0 Å². The second-order valence-corrected chi connectivity index (χ2v) is 8.03. The molecule has 0 aliphatic rings. The van der Waals surface area contributed by atoms with Crippen LogP contribution in [0.15, 0.2) is 103 Å². The molecule has 0 saturated carbocycles. The van der Waals surface area contributed by atoms with E-state index in [9.17, 15) is 0 Å². The van der Waals surface area contributed by atoms with E-state index in [0.717, 1.165) is 30.5 Å². The van der Waals surface area contributed by atoms with Crippen LogP contribution >= 0.6 is 0 Å². The Morgan fingerprint density at radius 3 is 1.38 bits per heavy atom. The van der Waals surface area contributed by atoms with Crippen LogP contribution in [-0.4, -0.2) is 4.48 Å². The fourth-order valence-electron chi connectivity index (χ4n) is 3.98. The average Bonchev–Trinajstić information content (AvgIpc) is 2.76. The lowest BCUT2D eigenvalue weighted by Crippen LogP contribution is -2.40. The van der Waals surface area contributed by atoms with Crippen molar-refractivity contribution < 1.29 is 4.48 Å². The monoisotopic (exact) mass is 384 g/mol. The lowest BCUT2D eigenvalue weighted by atomic mass is 10.1. The second-order valence-electron chi connectivity index (χ2n) is 8.03. The van der Waals surface area contributed by atoms with E-state index in [0.29, 0.717) is 0 Å². The summed E-state index contributed by atoms with van der Waals surface area (Å²) in [5.74, 6) is 0. The molecule has 0 aliphatic carbocycles. The molecule has 1 nitrogen and oxygen atoms in total. The Bertz CT molecular complexity index is 736. The Labute approximate surface area is 176 Å². The van der Waals surface area contributed by atoms with Gasteiger partial charge in [0.1, 0.15) is 19.6 Å². The van der Waals surface area contributed by atoms with E-state index in [1.54, 1.807) is 0 Å². The van der Waals surface area contributed by atoms with E-state index in [-0.39, 0.29) is 0 Å². The van der Waals surface area contributed by atoms with Gasteiger partial charge in [0.15, 0.2) is 0 Å². The van der Waals surface area contributed by atoms with Gasteiger partial charge in [-0.25, -0.2) is 0 Å². The molecule has 0 unspecified atom stereocenters. The molecule has 1 heteroatoms. The van der Waals surface area contributed by atoms with E-state index in [4.69, 9.17) is 0 Å². The molecular weight excluding hydrogens is 350 g/mol. The predicted molar refractivity (Wildman–Crippen MR) is 124 cm³/mol. The average molecular weight is 385 g/mol. The van der Waals surface area contributed by atoms with Crippen LogP contribution in [0.3, 0.4) is 0 Å². The summed E-state index contributed by atoms with van der Waals surface area (Å²) >= 11 is 0. The zero-order chi connectivity index (χ0) is 20.2. The SMILES string of the molecule is CCCCC/C=C/[N+](Cc1ccccc1)(Cc1ccccc1)Cc1ccccc1. The van der Waals surface area contributed by atoms with Crippen LogP contribution in [0.5, 0.6) is 0 Å². The molecule has 0 bridgehead atoms. The Morgan fingerprint density at radius 2 is 1.00 bits per heavy atom. The highest BCUT2D eigenvalue weighted by atomic mass is 15.3. The van der Waals surface area contributed by atoms with E-state index >= 15 is 0 Å². The first-order valence-electron chi connectivity index (χ1n) is 10.9. The number of allylic oxidation sites excluding steroid dienone is 1. The maximum Gasteiger partial charge on any atom is 0.109 e. The fourth-order valence-corrected chi connectivity index (χ4v) is 3.98. The van der Waals surface area contributed by atoms with Gasteiger partial charge < -0.3 is 0 Å². The number of hydrogen-bond donors (Lipinski definition) is 0. The molecule has 0 heterocycles. The summed E-state index contributed by atoms with van der Waals surface area (Å²) in [6.07, 6.45) is 9.90. The maximum absolute atomic E-state index is 2.47. The molecule has 0 fully saturated rings. The van der Waals surface area contributed by atoms with Gasteiger partial charge in [0, 0.05) is 16.7 Å².